The second kappa shape index (κ2) is 11.1. The number of unbranched alkanes of at least 4 members (excludes halogenated alkanes) is 1. The number of rotatable bonds is 9. The molecule has 0 bridgehead atoms. The summed E-state index contributed by atoms with van der Waals surface area (Å²) >= 11 is 28.1. The van der Waals surface area contributed by atoms with Gasteiger partial charge in [-0.2, -0.15) is 0 Å². The lowest BCUT2D eigenvalue weighted by Gasteiger charge is -2.02. The van der Waals surface area contributed by atoms with Gasteiger partial charge < -0.3 is 0 Å². The van der Waals surface area contributed by atoms with E-state index in [0.29, 0.717) is 53.2 Å². The largest absolute Gasteiger partial charge is 0.258 e. The van der Waals surface area contributed by atoms with Crippen molar-refractivity contribution < 1.29 is 0 Å². The van der Waals surface area contributed by atoms with Crippen LogP contribution in [0.25, 0.3) is 22.8 Å². The SMILES string of the molecule is Clc1cccc(Cl)c1-c1nc(SCCCCSc2n[nH]c(-c3c(Cl)cccc3Cl)n2)n[nH]1. The summed E-state index contributed by atoms with van der Waals surface area (Å²) in [5.41, 5.74) is 1.33. The molecule has 0 aliphatic heterocycles. The van der Waals surface area contributed by atoms with Crippen LogP contribution < -0.4 is 0 Å². The van der Waals surface area contributed by atoms with Crippen molar-refractivity contribution in [2.24, 2.45) is 0 Å². The second-order valence-corrected chi connectivity index (χ2v) is 10.3. The minimum absolute atomic E-state index is 0.536. The zero-order valence-corrected chi connectivity index (χ0v) is 21.1. The van der Waals surface area contributed by atoms with Gasteiger partial charge in [0.25, 0.3) is 0 Å². The van der Waals surface area contributed by atoms with Crippen molar-refractivity contribution in [1.82, 2.24) is 30.4 Å². The number of aromatic nitrogens is 6. The van der Waals surface area contributed by atoms with Gasteiger partial charge in [-0.1, -0.05) is 82.1 Å². The molecule has 0 aliphatic rings. The molecule has 0 atom stereocenters. The van der Waals surface area contributed by atoms with Gasteiger partial charge >= 0.3 is 0 Å². The highest BCUT2D eigenvalue weighted by molar-refractivity contribution is 7.99. The van der Waals surface area contributed by atoms with Gasteiger partial charge in [-0.15, -0.1) is 10.2 Å². The highest BCUT2D eigenvalue weighted by Crippen LogP contribution is 2.34. The Kier molecular flexibility index (Phi) is 8.26. The Hall–Kier alpha value is -1.42. The Morgan fingerprint density at radius 3 is 1.38 bits per heavy atom. The molecule has 2 N–H and O–H groups in total. The maximum atomic E-state index is 6.23. The predicted molar refractivity (Wildman–Crippen MR) is 134 cm³/mol. The van der Waals surface area contributed by atoms with Crippen LogP contribution in [-0.2, 0) is 0 Å². The number of nitrogens with one attached hydrogen (secondary N) is 2. The smallest absolute Gasteiger partial charge is 0.208 e. The molecule has 0 saturated heterocycles. The van der Waals surface area contributed by atoms with Crippen molar-refractivity contribution >= 4 is 69.9 Å². The minimum atomic E-state index is 0.536. The standard InChI is InChI=1S/C20H16Cl4N6S2/c21-11-5-3-6-12(22)15(11)17-25-19(29-27-17)31-9-1-2-10-32-20-26-18(28-30-20)16-13(23)7-4-8-14(16)24/h3-8H,1-2,9-10H2,(H,25,27,29)(H,26,28,30). The lowest BCUT2D eigenvalue weighted by Crippen LogP contribution is -1.87. The third-order valence-corrected chi connectivity index (χ3v) is 7.46. The summed E-state index contributed by atoms with van der Waals surface area (Å²) in [4.78, 5) is 8.98. The summed E-state index contributed by atoms with van der Waals surface area (Å²) in [6.45, 7) is 0. The van der Waals surface area contributed by atoms with Crippen LogP contribution in [0.5, 0.6) is 0 Å². The van der Waals surface area contributed by atoms with Crippen LogP contribution in [0.1, 0.15) is 12.8 Å². The highest BCUT2D eigenvalue weighted by atomic mass is 35.5. The van der Waals surface area contributed by atoms with Gasteiger partial charge in [0.15, 0.2) is 11.6 Å². The second-order valence-electron chi connectivity index (χ2n) is 6.53. The first-order valence-electron chi connectivity index (χ1n) is 9.52. The lowest BCUT2D eigenvalue weighted by molar-refractivity contribution is 0.892. The molecule has 32 heavy (non-hydrogen) atoms. The van der Waals surface area contributed by atoms with E-state index in [-0.39, 0.29) is 0 Å². The summed E-state index contributed by atoms with van der Waals surface area (Å²) in [7, 11) is 0. The zero-order valence-electron chi connectivity index (χ0n) is 16.4. The molecule has 12 heteroatoms. The molecule has 6 nitrogen and oxygen atoms in total. The quantitative estimate of drug-likeness (QED) is 0.167. The molecule has 0 saturated carbocycles. The molecule has 2 aromatic heterocycles. The fourth-order valence-corrected chi connectivity index (χ4v) is 5.57. The average molecular weight is 546 g/mol. The van der Waals surface area contributed by atoms with E-state index in [1.165, 1.54) is 0 Å². The summed E-state index contributed by atoms with van der Waals surface area (Å²) in [5.74, 6) is 2.92. The fourth-order valence-electron chi connectivity index (χ4n) is 2.82. The van der Waals surface area contributed by atoms with Crippen LogP contribution in [0.2, 0.25) is 20.1 Å². The first-order valence-corrected chi connectivity index (χ1v) is 13.0. The maximum Gasteiger partial charge on any atom is 0.208 e. The summed E-state index contributed by atoms with van der Waals surface area (Å²) in [6, 6.07) is 10.7. The third kappa shape index (κ3) is 5.73. The van der Waals surface area contributed by atoms with Crippen LogP contribution >= 0.6 is 69.9 Å². The molecule has 4 aromatic rings. The van der Waals surface area contributed by atoms with E-state index >= 15 is 0 Å². The van der Waals surface area contributed by atoms with E-state index in [4.69, 9.17) is 46.4 Å². The molecule has 0 aliphatic carbocycles. The Morgan fingerprint density at radius 1 is 0.625 bits per heavy atom. The van der Waals surface area contributed by atoms with E-state index in [2.05, 4.69) is 30.4 Å². The van der Waals surface area contributed by atoms with Crippen LogP contribution in [0.4, 0.5) is 0 Å². The van der Waals surface area contributed by atoms with Crippen LogP contribution in [0.3, 0.4) is 0 Å². The van der Waals surface area contributed by atoms with Crippen molar-refractivity contribution in [2.75, 3.05) is 11.5 Å². The number of H-pyrrole nitrogens is 2. The van der Waals surface area contributed by atoms with Gasteiger partial charge in [-0.05, 0) is 37.1 Å². The minimum Gasteiger partial charge on any atom is -0.258 e. The normalized spacial score (nSPS) is 11.2. The predicted octanol–water partition coefficient (Wildman–Crippen LogP) is 7.54. The van der Waals surface area contributed by atoms with Crippen LogP contribution in [0, 0.1) is 0 Å². The number of hydrogen-bond donors (Lipinski definition) is 2. The molecule has 2 aromatic carbocycles. The van der Waals surface area contributed by atoms with Crippen molar-refractivity contribution in [1.29, 1.82) is 0 Å². The van der Waals surface area contributed by atoms with Gasteiger partial charge in [0, 0.05) is 11.5 Å². The topological polar surface area (TPSA) is 83.1 Å². The molecule has 0 amide bonds. The van der Waals surface area contributed by atoms with E-state index in [1.54, 1.807) is 59.9 Å². The van der Waals surface area contributed by atoms with Gasteiger partial charge in [0.2, 0.25) is 10.3 Å². The van der Waals surface area contributed by atoms with Gasteiger partial charge in [0.05, 0.1) is 31.2 Å². The van der Waals surface area contributed by atoms with Crippen molar-refractivity contribution in [3.05, 3.63) is 56.5 Å². The molecular weight excluding hydrogens is 530 g/mol. The van der Waals surface area contributed by atoms with Crippen molar-refractivity contribution in [3.63, 3.8) is 0 Å². The zero-order chi connectivity index (χ0) is 22.5. The summed E-state index contributed by atoms with van der Waals surface area (Å²) in [6.07, 6.45) is 2.00. The fraction of sp³-hybridized carbons (Fsp3) is 0.200. The molecule has 0 fully saturated rings. The average Bonchev–Trinajstić information content (AvgIpc) is 3.40. The summed E-state index contributed by atoms with van der Waals surface area (Å²) in [5, 5.41) is 17.8. The summed E-state index contributed by atoms with van der Waals surface area (Å²) < 4.78 is 0. The van der Waals surface area contributed by atoms with Crippen LogP contribution in [-0.4, -0.2) is 41.9 Å². The van der Waals surface area contributed by atoms with E-state index in [0.717, 1.165) is 24.3 Å². The number of nitrogens with zero attached hydrogens (tertiary/aromatic N) is 4. The molecule has 0 unspecified atom stereocenters. The Balaban J connectivity index is 1.22. The Labute approximate surface area is 213 Å². The van der Waals surface area contributed by atoms with E-state index in [9.17, 15) is 0 Å². The molecular formula is C20H16Cl4N6S2. The van der Waals surface area contributed by atoms with Gasteiger partial charge in [-0.3, -0.25) is 10.2 Å². The molecule has 4 rings (SSSR count). The first kappa shape index (κ1) is 23.7. The van der Waals surface area contributed by atoms with Gasteiger partial charge in [0.1, 0.15) is 0 Å². The number of hydrogen-bond acceptors (Lipinski definition) is 6. The number of thioether (sulfide) groups is 2. The molecule has 0 radical (unpaired) electrons. The Bertz CT molecular complexity index is 1080. The molecule has 0 spiro atoms. The van der Waals surface area contributed by atoms with Crippen LogP contribution in [0.15, 0.2) is 46.7 Å². The number of aromatic amines is 2. The molecule has 166 valence electrons. The highest BCUT2D eigenvalue weighted by Gasteiger charge is 2.14. The van der Waals surface area contributed by atoms with E-state index in [1.807, 2.05) is 0 Å². The van der Waals surface area contributed by atoms with Gasteiger partial charge in [-0.25, -0.2) is 9.97 Å². The number of benzene rings is 2. The van der Waals surface area contributed by atoms with E-state index < -0.39 is 0 Å². The molecule has 2 heterocycles. The lowest BCUT2D eigenvalue weighted by atomic mass is 10.2. The van der Waals surface area contributed by atoms with Crippen molar-refractivity contribution in [3.8, 4) is 22.8 Å². The number of halogens is 4. The van der Waals surface area contributed by atoms with Crippen molar-refractivity contribution in [2.45, 2.75) is 23.2 Å². The maximum absolute atomic E-state index is 6.23. The Morgan fingerprint density at radius 2 is 1.00 bits per heavy atom. The third-order valence-electron chi connectivity index (χ3n) is 4.33. The first-order chi connectivity index (χ1) is 15.5. The monoisotopic (exact) mass is 544 g/mol.